The van der Waals surface area contributed by atoms with Crippen LogP contribution >= 0.6 is 0 Å². The molecule has 0 saturated heterocycles. The van der Waals surface area contributed by atoms with Crippen LogP contribution < -0.4 is 0 Å². The number of alkyl halides is 16. The van der Waals surface area contributed by atoms with Crippen LogP contribution in [0.4, 0.5) is 70.2 Å². The van der Waals surface area contributed by atoms with Crippen LogP contribution in [0.1, 0.15) is 13.3 Å². The summed E-state index contributed by atoms with van der Waals surface area (Å²) in [6, 6.07) is 5.72. The summed E-state index contributed by atoms with van der Waals surface area (Å²) >= 11 is 0. The first-order valence-electron chi connectivity index (χ1n) is 8.40. The standard InChI is InChI=1S/C10H6F16O3S.C5H5N/c1-2-3(11,12)4(13,14)5(15,16)6(17,18)7(19,20)8(21,22)9(23,24)10(25,26)30(27,28)29;1-2-4-6-5-3-1/h2H2,1H3,(H,27,28,29);1-5H. The average Bonchev–Trinajstić information content (AvgIpc) is 2.73. The fourth-order valence-corrected chi connectivity index (χ4v) is 2.35. The SMILES string of the molecule is CCC(F)(F)C(F)(F)C(F)(F)C(F)(F)C(F)(F)C(F)(F)C(F)(F)C(F)(F)S(=O)(=O)O.c1ccncc1. The first kappa shape index (κ1) is 33.9. The van der Waals surface area contributed by atoms with Gasteiger partial charge in [-0.2, -0.15) is 78.7 Å². The minimum Gasteiger partial charge on any atom is -0.281 e. The maximum atomic E-state index is 13.3. The second-order valence-electron chi connectivity index (χ2n) is 6.52. The van der Waals surface area contributed by atoms with Gasteiger partial charge in [0.25, 0.3) is 0 Å². The Bertz CT molecular complexity index is 955. The lowest BCUT2D eigenvalue weighted by atomic mass is 9.88. The summed E-state index contributed by atoms with van der Waals surface area (Å²) in [4.78, 5) is 3.78. The summed E-state index contributed by atoms with van der Waals surface area (Å²) in [6.45, 7) is -0.101. The van der Waals surface area contributed by atoms with E-state index in [-0.39, 0.29) is 6.92 Å². The van der Waals surface area contributed by atoms with Gasteiger partial charge in [-0.1, -0.05) is 13.0 Å². The lowest BCUT2D eigenvalue weighted by Crippen LogP contribution is -2.75. The average molecular weight is 589 g/mol. The molecule has 0 aliphatic carbocycles. The van der Waals surface area contributed by atoms with E-state index >= 15 is 0 Å². The summed E-state index contributed by atoms with van der Waals surface area (Å²) in [5.74, 6) is -56.6. The number of aromatic nitrogens is 1. The van der Waals surface area contributed by atoms with Crippen molar-refractivity contribution in [1.29, 1.82) is 0 Å². The lowest BCUT2D eigenvalue weighted by Gasteiger charge is -2.43. The number of hydrogen-bond acceptors (Lipinski definition) is 3. The highest BCUT2D eigenvalue weighted by Gasteiger charge is 2.95. The smallest absolute Gasteiger partial charge is 0.281 e. The van der Waals surface area contributed by atoms with Gasteiger partial charge in [0.05, 0.1) is 0 Å². The van der Waals surface area contributed by atoms with Gasteiger partial charge in [-0.15, -0.1) is 0 Å². The van der Waals surface area contributed by atoms with Gasteiger partial charge in [0.2, 0.25) is 0 Å². The Balaban J connectivity index is 0.00000176. The highest BCUT2D eigenvalue weighted by Crippen LogP contribution is 2.64. The van der Waals surface area contributed by atoms with E-state index in [2.05, 4.69) is 4.98 Å². The molecule has 0 radical (unpaired) electrons. The molecule has 1 aromatic heterocycles. The predicted molar refractivity (Wildman–Crippen MR) is 85.7 cm³/mol. The first-order chi connectivity index (χ1) is 15.6. The molecule has 0 unspecified atom stereocenters. The van der Waals surface area contributed by atoms with Gasteiger partial charge in [-0.25, -0.2) is 0 Å². The van der Waals surface area contributed by atoms with E-state index in [1.807, 2.05) is 18.2 Å². The normalized spacial score (nSPS) is 15.3. The van der Waals surface area contributed by atoms with E-state index in [0.29, 0.717) is 0 Å². The second kappa shape index (κ2) is 9.67. The van der Waals surface area contributed by atoms with Gasteiger partial charge in [0.15, 0.2) is 0 Å². The third-order valence-electron chi connectivity index (χ3n) is 4.13. The number of pyridine rings is 1. The number of nitrogens with zero attached hydrogens (tertiary/aromatic N) is 1. The van der Waals surface area contributed by atoms with Crippen LogP contribution in [0.15, 0.2) is 30.6 Å². The van der Waals surface area contributed by atoms with Gasteiger partial charge in [0.1, 0.15) is 0 Å². The Labute approximate surface area is 190 Å². The maximum Gasteiger partial charge on any atom is 0.438 e. The molecule has 1 N–H and O–H groups in total. The van der Waals surface area contributed by atoms with Gasteiger partial charge in [0, 0.05) is 18.8 Å². The van der Waals surface area contributed by atoms with Crippen molar-refractivity contribution in [3.8, 4) is 0 Å². The second-order valence-corrected chi connectivity index (χ2v) is 7.98. The van der Waals surface area contributed by atoms with Crippen LogP contribution in [0.5, 0.6) is 0 Å². The van der Waals surface area contributed by atoms with Crippen molar-refractivity contribution in [3.63, 3.8) is 0 Å². The summed E-state index contributed by atoms with van der Waals surface area (Å²) in [7, 11) is -7.84. The zero-order valence-electron chi connectivity index (χ0n) is 16.8. The number of halogens is 16. The molecular formula is C15H11F16NO3S. The van der Waals surface area contributed by atoms with Crippen molar-refractivity contribution in [2.45, 2.75) is 60.1 Å². The van der Waals surface area contributed by atoms with E-state index in [1.54, 1.807) is 12.4 Å². The van der Waals surface area contributed by atoms with Crippen molar-refractivity contribution in [1.82, 2.24) is 4.98 Å². The quantitative estimate of drug-likeness (QED) is 0.267. The van der Waals surface area contributed by atoms with Gasteiger partial charge >= 0.3 is 56.8 Å². The summed E-state index contributed by atoms with van der Waals surface area (Å²) in [5, 5.41) is -7.77. The molecule has 36 heavy (non-hydrogen) atoms. The monoisotopic (exact) mass is 589 g/mol. The molecule has 1 rings (SSSR count). The van der Waals surface area contributed by atoms with Crippen LogP contribution in [0.25, 0.3) is 0 Å². The van der Waals surface area contributed by atoms with Crippen LogP contribution in [-0.4, -0.2) is 64.7 Å². The van der Waals surface area contributed by atoms with Crippen molar-refractivity contribution >= 4 is 10.1 Å². The third kappa shape index (κ3) is 4.91. The minimum absolute atomic E-state index is 0.101. The van der Waals surface area contributed by atoms with Crippen molar-refractivity contribution in [2.24, 2.45) is 0 Å². The van der Waals surface area contributed by atoms with E-state index < -0.39 is 63.3 Å². The van der Waals surface area contributed by atoms with E-state index in [4.69, 9.17) is 4.55 Å². The molecule has 0 fully saturated rings. The van der Waals surface area contributed by atoms with E-state index in [1.165, 1.54) is 0 Å². The van der Waals surface area contributed by atoms with Crippen LogP contribution in [-0.2, 0) is 10.1 Å². The Morgan fingerprint density at radius 3 is 1.11 bits per heavy atom. The van der Waals surface area contributed by atoms with Gasteiger partial charge < -0.3 is 0 Å². The van der Waals surface area contributed by atoms with E-state index in [9.17, 15) is 78.7 Å². The van der Waals surface area contributed by atoms with Crippen molar-refractivity contribution in [3.05, 3.63) is 30.6 Å². The van der Waals surface area contributed by atoms with E-state index in [0.717, 1.165) is 0 Å². The fraction of sp³-hybridized carbons (Fsp3) is 0.667. The minimum atomic E-state index is -8.73. The van der Waals surface area contributed by atoms with Gasteiger partial charge in [-0.3, -0.25) is 9.54 Å². The summed E-state index contributed by atoms with van der Waals surface area (Å²) in [5.41, 5.74) is 0. The summed E-state index contributed by atoms with van der Waals surface area (Å²) in [6.07, 6.45) is 0.991. The number of rotatable bonds is 9. The molecule has 4 nitrogen and oxygen atoms in total. The molecule has 0 aliphatic rings. The Hall–Kier alpha value is -2.06. The number of hydrogen-bond donors (Lipinski definition) is 1. The third-order valence-corrected chi connectivity index (χ3v) is 5.04. The highest BCUT2D eigenvalue weighted by atomic mass is 32.2. The Morgan fingerprint density at radius 2 is 0.889 bits per heavy atom. The molecule has 0 saturated carbocycles. The molecule has 212 valence electrons. The summed E-state index contributed by atoms with van der Waals surface area (Å²) < 4.78 is 237. The maximum absolute atomic E-state index is 13.3. The molecule has 0 aromatic carbocycles. The molecule has 0 aliphatic heterocycles. The van der Waals surface area contributed by atoms with Crippen molar-refractivity contribution < 1.29 is 83.2 Å². The highest BCUT2D eigenvalue weighted by molar-refractivity contribution is 7.87. The first-order valence-corrected chi connectivity index (χ1v) is 9.84. The molecule has 21 heteroatoms. The van der Waals surface area contributed by atoms with Gasteiger partial charge in [-0.05, 0) is 12.1 Å². The largest absolute Gasteiger partial charge is 0.438 e. The Kier molecular flexibility index (Phi) is 9.12. The zero-order chi connectivity index (χ0) is 29.4. The van der Waals surface area contributed by atoms with Crippen LogP contribution in [0, 0.1) is 0 Å². The fourth-order valence-electron chi connectivity index (χ4n) is 1.90. The molecule has 1 heterocycles. The Morgan fingerprint density at radius 1 is 0.583 bits per heavy atom. The molecule has 1 aromatic rings. The molecule has 0 bridgehead atoms. The van der Waals surface area contributed by atoms with Crippen LogP contribution in [0.2, 0.25) is 0 Å². The topological polar surface area (TPSA) is 67.3 Å². The molecule has 0 spiro atoms. The lowest BCUT2D eigenvalue weighted by molar-refractivity contribution is -0.449. The molecular weight excluding hydrogens is 578 g/mol. The zero-order valence-corrected chi connectivity index (χ0v) is 17.6. The van der Waals surface area contributed by atoms with Crippen LogP contribution in [0.3, 0.4) is 0 Å². The van der Waals surface area contributed by atoms with Crippen molar-refractivity contribution in [2.75, 3.05) is 0 Å². The predicted octanol–water partition coefficient (Wildman–Crippen LogP) is 6.41. The molecule has 0 amide bonds. The molecule has 0 atom stereocenters.